The highest BCUT2D eigenvalue weighted by Gasteiger charge is 2.53. The van der Waals surface area contributed by atoms with E-state index in [1.165, 1.54) is 4.90 Å². The molecule has 0 amide bonds. The smallest absolute Gasteiger partial charge is 0.361 e. The second kappa shape index (κ2) is 5.05. The van der Waals surface area contributed by atoms with Gasteiger partial charge in [-0.05, 0) is 34.2 Å². The topological polar surface area (TPSA) is 29.5 Å². The average Bonchev–Trinajstić information content (AvgIpc) is 2.33. The summed E-state index contributed by atoms with van der Waals surface area (Å²) >= 11 is 0. The molecular weight excluding hydrogens is 259 g/mol. The predicted molar refractivity (Wildman–Crippen MR) is 65.9 cm³/mol. The minimum Gasteiger partial charge on any atom is -0.361 e. The van der Waals surface area contributed by atoms with Crippen molar-refractivity contribution >= 4 is 5.78 Å². The quantitative estimate of drug-likeness (QED) is 0.793. The minimum atomic E-state index is -4.25. The van der Waals surface area contributed by atoms with Crippen molar-refractivity contribution < 1.29 is 22.7 Å². The number of ketones is 1. The van der Waals surface area contributed by atoms with Crippen LogP contribution in [0.5, 0.6) is 0 Å². The maximum Gasteiger partial charge on any atom is 0.401 e. The van der Waals surface area contributed by atoms with Crippen molar-refractivity contribution in [2.24, 2.45) is 5.92 Å². The van der Waals surface area contributed by atoms with Gasteiger partial charge in [0.2, 0.25) is 0 Å². The summed E-state index contributed by atoms with van der Waals surface area (Å²) in [6.07, 6.45) is -4.25. The number of carbonyl (C=O) groups excluding carboxylic acids is 1. The minimum absolute atomic E-state index is 0.0747. The van der Waals surface area contributed by atoms with Crippen molar-refractivity contribution in [3.8, 4) is 0 Å². The lowest BCUT2D eigenvalue weighted by atomic mass is 9.85. The van der Waals surface area contributed by atoms with Crippen molar-refractivity contribution in [1.82, 2.24) is 4.90 Å². The molecule has 1 rings (SSSR count). The van der Waals surface area contributed by atoms with E-state index in [1.54, 1.807) is 34.6 Å². The number of Topliss-reactive ketones (excluding diaryl/α,β-unsaturated/α-hetero) is 1. The lowest BCUT2D eigenvalue weighted by Crippen LogP contribution is -2.44. The molecule has 0 N–H and O–H groups in total. The molecule has 3 nitrogen and oxygen atoms in total. The van der Waals surface area contributed by atoms with Gasteiger partial charge in [0.25, 0.3) is 0 Å². The highest BCUT2D eigenvalue weighted by molar-refractivity contribution is 5.91. The van der Waals surface area contributed by atoms with Crippen molar-refractivity contribution in [2.75, 3.05) is 19.6 Å². The summed E-state index contributed by atoms with van der Waals surface area (Å²) in [7, 11) is 0. The molecule has 0 bridgehead atoms. The molecule has 1 atom stereocenters. The first kappa shape index (κ1) is 16.4. The molecule has 0 aromatic rings. The van der Waals surface area contributed by atoms with Crippen molar-refractivity contribution in [3.05, 3.63) is 0 Å². The third-order valence-electron chi connectivity index (χ3n) is 3.56. The van der Waals surface area contributed by atoms with Crippen LogP contribution < -0.4 is 0 Å². The third kappa shape index (κ3) is 3.92. The van der Waals surface area contributed by atoms with Gasteiger partial charge in [0.05, 0.1) is 18.1 Å². The van der Waals surface area contributed by atoms with Crippen LogP contribution in [0.1, 0.15) is 34.6 Å². The van der Waals surface area contributed by atoms with E-state index in [-0.39, 0.29) is 18.9 Å². The number of rotatable bonds is 4. The van der Waals surface area contributed by atoms with Crippen LogP contribution in [0.15, 0.2) is 0 Å². The first-order chi connectivity index (χ1) is 8.39. The van der Waals surface area contributed by atoms with Crippen molar-refractivity contribution in [3.63, 3.8) is 0 Å². The van der Waals surface area contributed by atoms with E-state index < -0.39 is 29.8 Å². The van der Waals surface area contributed by atoms with Crippen LogP contribution in [0, 0.1) is 5.92 Å². The van der Waals surface area contributed by atoms with E-state index in [2.05, 4.69) is 0 Å². The molecule has 1 unspecified atom stereocenters. The zero-order valence-corrected chi connectivity index (χ0v) is 12.1. The molecule has 1 aliphatic heterocycles. The number of halogens is 3. The Morgan fingerprint density at radius 1 is 1.26 bits per heavy atom. The summed E-state index contributed by atoms with van der Waals surface area (Å²) in [5, 5.41) is 0. The molecule has 1 saturated heterocycles. The molecule has 19 heavy (non-hydrogen) atoms. The van der Waals surface area contributed by atoms with Gasteiger partial charge in [-0.1, -0.05) is 6.92 Å². The summed E-state index contributed by atoms with van der Waals surface area (Å²) in [5.41, 5.74) is -1.66. The molecule has 0 aromatic heterocycles. The van der Waals surface area contributed by atoms with E-state index in [0.717, 1.165) is 0 Å². The molecule has 0 aliphatic carbocycles. The lowest BCUT2D eigenvalue weighted by Gasteiger charge is -2.30. The van der Waals surface area contributed by atoms with Gasteiger partial charge in [0.15, 0.2) is 5.78 Å². The van der Waals surface area contributed by atoms with E-state index in [4.69, 9.17) is 4.74 Å². The number of hydrogen-bond donors (Lipinski definition) is 0. The molecule has 0 radical (unpaired) electrons. The van der Waals surface area contributed by atoms with Crippen LogP contribution in [-0.4, -0.2) is 47.7 Å². The summed E-state index contributed by atoms with van der Waals surface area (Å²) in [4.78, 5) is 13.5. The van der Waals surface area contributed by atoms with Gasteiger partial charge in [-0.3, -0.25) is 9.69 Å². The molecule has 112 valence electrons. The van der Waals surface area contributed by atoms with Gasteiger partial charge in [0.1, 0.15) is 5.60 Å². The number of hydrogen-bond acceptors (Lipinski definition) is 3. The molecule has 0 spiro atoms. The third-order valence-corrected chi connectivity index (χ3v) is 3.56. The molecule has 1 aliphatic rings. The average molecular weight is 281 g/mol. The van der Waals surface area contributed by atoms with Crippen LogP contribution in [0.25, 0.3) is 0 Å². The molecule has 6 heteroatoms. The summed E-state index contributed by atoms with van der Waals surface area (Å²) in [6, 6.07) is 0. The number of alkyl halides is 3. The number of nitrogens with zero attached hydrogens (tertiary/aromatic N) is 1. The number of carbonyl (C=O) groups is 1. The Morgan fingerprint density at radius 2 is 1.79 bits per heavy atom. The van der Waals surface area contributed by atoms with Gasteiger partial charge >= 0.3 is 6.18 Å². The van der Waals surface area contributed by atoms with Crippen LogP contribution in [0.4, 0.5) is 13.2 Å². The highest BCUT2D eigenvalue weighted by Crippen LogP contribution is 2.39. The standard InChI is InChI=1S/C13H22F3NO2/c1-6-17(8-13(14,15)16)7-9-10(18)12(4,5)19-11(9,2)3/h9H,6-8H2,1-5H3. The maximum atomic E-state index is 12.5. The molecular formula is C13H22F3NO2. The molecule has 0 saturated carbocycles. The monoisotopic (exact) mass is 281 g/mol. The van der Waals surface area contributed by atoms with Gasteiger partial charge < -0.3 is 4.74 Å². The van der Waals surface area contributed by atoms with Gasteiger partial charge in [0, 0.05) is 6.54 Å². The summed E-state index contributed by atoms with van der Waals surface area (Å²) < 4.78 is 43.0. The van der Waals surface area contributed by atoms with Gasteiger partial charge in [-0.15, -0.1) is 0 Å². The first-order valence-corrected chi connectivity index (χ1v) is 6.42. The number of ether oxygens (including phenoxy) is 1. The Kier molecular flexibility index (Phi) is 4.37. The fourth-order valence-corrected chi connectivity index (χ4v) is 2.63. The van der Waals surface area contributed by atoms with Crippen LogP contribution >= 0.6 is 0 Å². The Hall–Kier alpha value is -0.620. The normalized spacial score (nSPS) is 26.2. The molecule has 1 fully saturated rings. The first-order valence-electron chi connectivity index (χ1n) is 6.42. The lowest BCUT2D eigenvalue weighted by molar-refractivity contribution is -0.149. The highest BCUT2D eigenvalue weighted by atomic mass is 19.4. The SMILES string of the molecule is CCN(CC1C(=O)C(C)(C)OC1(C)C)CC(F)(F)F. The van der Waals surface area contributed by atoms with Crippen LogP contribution in [0.3, 0.4) is 0 Å². The van der Waals surface area contributed by atoms with E-state index in [9.17, 15) is 18.0 Å². The van der Waals surface area contributed by atoms with Gasteiger partial charge in [-0.2, -0.15) is 13.2 Å². The zero-order valence-electron chi connectivity index (χ0n) is 12.1. The van der Waals surface area contributed by atoms with Crippen molar-refractivity contribution in [1.29, 1.82) is 0 Å². The van der Waals surface area contributed by atoms with Gasteiger partial charge in [-0.25, -0.2) is 0 Å². The summed E-state index contributed by atoms with van der Waals surface area (Å²) in [5.74, 6) is -0.664. The van der Waals surface area contributed by atoms with E-state index in [1.807, 2.05) is 0 Å². The van der Waals surface area contributed by atoms with Crippen molar-refractivity contribution in [2.45, 2.75) is 52.0 Å². The Labute approximate surface area is 112 Å². The Bertz CT molecular complexity index is 350. The fraction of sp³-hybridized carbons (Fsp3) is 0.923. The summed E-state index contributed by atoms with van der Waals surface area (Å²) in [6.45, 7) is 7.82. The Balaban J connectivity index is 2.82. The second-order valence-corrected chi connectivity index (χ2v) is 6.08. The molecule has 1 heterocycles. The maximum absolute atomic E-state index is 12.5. The fourth-order valence-electron chi connectivity index (χ4n) is 2.63. The van der Waals surface area contributed by atoms with Crippen LogP contribution in [0.2, 0.25) is 0 Å². The van der Waals surface area contributed by atoms with E-state index >= 15 is 0 Å². The van der Waals surface area contributed by atoms with Crippen LogP contribution in [-0.2, 0) is 9.53 Å². The molecule has 0 aromatic carbocycles. The van der Waals surface area contributed by atoms with E-state index in [0.29, 0.717) is 0 Å². The second-order valence-electron chi connectivity index (χ2n) is 6.08. The zero-order chi connectivity index (χ0) is 15.1. The Morgan fingerprint density at radius 3 is 2.11 bits per heavy atom. The largest absolute Gasteiger partial charge is 0.401 e. The predicted octanol–water partition coefficient (Wildman–Crippen LogP) is 2.64.